The van der Waals surface area contributed by atoms with Gasteiger partial charge < -0.3 is 19.5 Å². The smallest absolute Gasteiger partial charge is 0.258 e. The summed E-state index contributed by atoms with van der Waals surface area (Å²) in [5, 5.41) is 2.76. The van der Waals surface area contributed by atoms with Crippen LogP contribution >= 0.6 is 0 Å². The SMILES string of the molecule is Cc1cccc(OCCNC(=O)COc2cccc(Oc3cccnc3)c2)c1. The number of amides is 1. The Kier molecular flexibility index (Phi) is 6.84. The van der Waals surface area contributed by atoms with Crippen LogP contribution in [0, 0.1) is 6.92 Å². The molecule has 1 aromatic heterocycles. The van der Waals surface area contributed by atoms with Crippen molar-refractivity contribution in [2.45, 2.75) is 6.92 Å². The average molecular weight is 378 g/mol. The second-order valence-corrected chi connectivity index (χ2v) is 6.07. The van der Waals surface area contributed by atoms with E-state index in [-0.39, 0.29) is 12.5 Å². The third-order valence-corrected chi connectivity index (χ3v) is 3.73. The minimum Gasteiger partial charge on any atom is -0.492 e. The molecular formula is C22H22N2O4. The van der Waals surface area contributed by atoms with E-state index in [1.807, 2.05) is 43.3 Å². The third-order valence-electron chi connectivity index (χ3n) is 3.73. The predicted octanol–water partition coefficient (Wildman–Crippen LogP) is 3.76. The number of hydrogen-bond donors (Lipinski definition) is 1. The number of nitrogens with zero attached hydrogens (tertiary/aromatic N) is 1. The summed E-state index contributed by atoms with van der Waals surface area (Å²) >= 11 is 0. The average Bonchev–Trinajstić information content (AvgIpc) is 2.71. The molecule has 0 atom stereocenters. The van der Waals surface area contributed by atoms with E-state index in [0.717, 1.165) is 11.3 Å². The van der Waals surface area contributed by atoms with E-state index in [9.17, 15) is 4.79 Å². The van der Waals surface area contributed by atoms with Gasteiger partial charge in [-0.25, -0.2) is 0 Å². The van der Waals surface area contributed by atoms with Crippen LogP contribution in [0.2, 0.25) is 0 Å². The second kappa shape index (κ2) is 9.97. The summed E-state index contributed by atoms with van der Waals surface area (Å²) in [7, 11) is 0. The van der Waals surface area contributed by atoms with Crippen LogP contribution < -0.4 is 19.5 Å². The molecule has 0 saturated heterocycles. The molecule has 1 heterocycles. The number of aromatic nitrogens is 1. The third kappa shape index (κ3) is 6.32. The van der Waals surface area contributed by atoms with E-state index < -0.39 is 0 Å². The molecule has 0 aliphatic rings. The fourth-order valence-electron chi connectivity index (χ4n) is 2.44. The summed E-state index contributed by atoms with van der Waals surface area (Å²) < 4.78 is 16.8. The molecule has 0 saturated carbocycles. The first-order valence-corrected chi connectivity index (χ1v) is 8.96. The fourth-order valence-corrected chi connectivity index (χ4v) is 2.44. The standard InChI is InChI=1S/C22H22N2O4/c1-17-5-2-6-18(13-17)26-12-11-24-22(25)16-27-19-7-3-8-20(14-19)28-21-9-4-10-23-15-21/h2-10,13-15H,11-12,16H2,1H3,(H,24,25). The van der Waals surface area contributed by atoms with Crippen LogP contribution in [0.5, 0.6) is 23.0 Å². The molecule has 0 fully saturated rings. The molecule has 6 nitrogen and oxygen atoms in total. The van der Waals surface area contributed by atoms with Gasteiger partial charge in [-0.05, 0) is 48.9 Å². The maximum Gasteiger partial charge on any atom is 0.258 e. The van der Waals surface area contributed by atoms with Crippen molar-refractivity contribution < 1.29 is 19.0 Å². The van der Waals surface area contributed by atoms with E-state index in [1.165, 1.54) is 0 Å². The first kappa shape index (κ1) is 19.2. The lowest BCUT2D eigenvalue weighted by Crippen LogP contribution is -2.32. The van der Waals surface area contributed by atoms with Crippen molar-refractivity contribution in [2.24, 2.45) is 0 Å². The molecule has 0 bridgehead atoms. The Balaban J connectivity index is 1.39. The molecule has 0 spiro atoms. The van der Waals surface area contributed by atoms with Gasteiger partial charge in [-0.15, -0.1) is 0 Å². The summed E-state index contributed by atoms with van der Waals surface area (Å²) in [6.07, 6.45) is 3.30. The lowest BCUT2D eigenvalue weighted by atomic mass is 10.2. The van der Waals surface area contributed by atoms with Crippen molar-refractivity contribution >= 4 is 5.91 Å². The molecule has 2 aromatic carbocycles. The highest BCUT2D eigenvalue weighted by molar-refractivity contribution is 5.77. The molecule has 0 aliphatic carbocycles. The Morgan fingerprint density at radius 1 is 0.929 bits per heavy atom. The topological polar surface area (TPSA) is 69.7 Å². The number of rotatable bonds is 9. The van der Waals surface area contributed by atoms with Crippen molar-refractivity contribution in [1.82, 2.24) is 10.3 Å². The predicted molar refractivity (Wildman–Crippen MR) is 106 cm³/mol. The summed E-state index contributed by atoms with van der Waals surface area (Å²) in [6, 6.07) is 18.5. The zero-order chi connectivity index (χ0) is 19.6. The lowest BCUT2D eigenvalue weighted by molar-refractivity contribution is -0.123. The number of ether oxygens (including phenoxy) is 3. The number of carbonyl (C=O) groups excluding carboxylic acids is 1. The van der Waals surface area contributed by atoms with Gasteiger partial charge in [0.1, 0.15) is 29.6 Å². The molecule has 1 amide bonds. The van der Waals surface area contributed by atoms with Gasteiger partial charge in [0, 0.05) is 12.3 Å². The second-order valence-electron chi connectivity index (χ2n) is 6.07. The molecule has 0 aliphatic heterocycles. The van der Waals surface area contributed by atoms with Crippen molar-refractivity contribution in [1.29, 1.82) is 0 Å². The first-order chi connectivity index (χ1) is 13.7. The Morgan fingerprint density at radius 3 is 2.46 bits per heavy atom. The number of carbonyl (C=O) groups is 1. The number of benzene rings is 2. The Morgan fingerprint density at radius 2 is 1.68 bits per heavy atom. The molecule has 28 heavy (non-hydrogen) atoms. The molecule has 144 valence electrons. The van der Waals surface area contributed by atoms with Crippen LogP contribution in [0.1, 0.15) is 5.56 Å². The van der Waals surface area contributed by atoms with Crippen molar-refractivity contribution in [3.8, 4) is 23.0 Å². The van der Waals surface area contributed by atoms with Gasteiger partial charge in [-0.3, -0.25) is 9.78 Å². The van der Waals surface area contributed by atoms with E-state index in [0.29, 0.717) is 30.4 Å². The van der Waals surface area contributed by atoms with Crippen LogP contribution in [0.4, 0.5) is 0 Å². The fraction of sp³-hybridized carbons (Fsp3) is 0.182. The highest BCUT2D eigenvalue weighted by atomic mass is 16.5. The normalized spacial score (nSPS) is 10.2. The zero-order valence-corrected chi connectivity index (χ0v) is 15.6. The van der Waals surface area contributed by atoms with Crippen molar-refractivity contribution in [3.05, 3.63) is 78.6 Å². The van der Waals surface area contributed by atoms with Crippen LogP contribution in [-0.4, -0.2) is 30.6 Å². The van der Waals surface area contributed by atoms with Crippen molar-refractivity contribution in [3.63, 3.8) is 0 Å². The maximum absolute atomic E-state index is 11.9. The number of pyridine rings is 1. The van der Waals surface area contributed by atoms with Gasteiger partial charge in [0.15, 0.2) is 6.61 Å². The molecule has 1 N–H and O–H groups in total. The molecule has 0 radical (unpaired) electrons. The Hall–Kier alpha value is -3.54. The van der Waals surface area contributed by atoms with Gasteiger partial charge >= 0.3 is 0 Å². The molecule has 6 heteroatoms. The minimum atomic E-state index is -0.216. The summed E-state index contributed by atoms with van der Waals surface area (Å²) in [5.74, 6) is 2.36. The van der Waals surface area contributed by atoms with Crippen LogP contribution in [0.3, 0.4) is 0 Å². The number of hydrogen-bond acceptors (Lipinski definition) is 5. The molecule has 3 rings (SSSR count). The number of aryl methyl sites for hydroxylation is 1. The van der Waals surface area contributed by atoms with Crippen LogP contribution in [-0.2, 0) is 4.79 Å². The highest BCUT2D eigenvalue weighted by Gasteiger charge is 2.04. The Labute approximate surface area is 164 Å². The van der Waals surface area contributed by atoms with Crippen LogP contribution in [0.25, 0.3) is 0 Å². The van der Waals surface area contributed by atoms with Crippen molar-refractivity contribution in [2.75, 3.05) is 19.8 Å². The zero-order valence-electron chi connectivity index (χ0n) is 15.6. The van der Waals surface area contributed by atoms with Gasteiger partial charge in [-0.1, -0.05) is 18.2 Å². The summed E-state index contributed by atoms with van der Waals surface area (Å²) in [6.45, 7) is 2.72. The van der Waals surface area contributed by atoms with E-state index in [2.05, 4.69) is 10.3 Å². The number of nitrogens with one attached hydrogen (secondary N) is 1. The Bertz CT molecular complexity index is 900. The monoisotopic (exact) mass is 378 g/mol. The highest BCUT2D eigenvalue weighted by Crippen LogP contribution is 2.24. The quantitative estimate of drug-likeness (QED) is 0.574. The molecule has 0 unspecified atom stereocenters. The first-order valence-electron chi connectivity index (χ1n) is 8.96. The minimum absolute atomic E-state index is 0.0825. The molecule has 3 aromatic rings. The summed E-state index contributed by atoms with van der Waals surface area (Å²) in [5.41, 5.74) is 1.13. The summed E-state index contributed by atoms with van der Waals surface area (Å²) in [4.78, 5) is 15.9. The van der Waals surface area contributed by atoms with Gasteiger partial charge in [0.05, 0.1) is 12.7 Å². The lowest BCUT2D eigenvalue weighted by Gasteiger charge is -2.10. The molecular weight excluding hydrogens is 356 g/mol. The van der Waals surface area contributed by atoms with Gasteiger partial charge in [0.2, 0.25) is 0 Å². The maximum atomic E-state index is 11.9. The van der Waals surface area contributed by atoms with Crippen LogP contribution in [0.15, 0.2) is 73.1 Å². The largest absolute Gasteiger partial charge is 0.492 e. The van der Waals surface area contributed by atoms with E-state index >= 15 is 0 Å². The van der Waals surface area contributed by atoms with Gasteiger partial charge in [0.25, 0.3) is 5.91 Å². The van der Waals surface area contributed by atoms with E-state index in [4.69, 9.17) is 14.2 Å². The van der Waals surface area contributed by atoms with E-state index in [1.54, 1.807) is 36.7 Å². The van der Waals surface area contributed by atoms with Gasteiger partial charge in [-0.2, -0.15) is 0 Å².